The Morgan fingerprint density at radius 1 is 0.671 bits per heavy atom. The fourth-order valence-electron chi connectivity index (χ4n) is 7.17. The zero-order chi connectivity index (χ0) is 52.2. The number of aliphatic hydroxyl groups is 6. The third-order valence-corrected chi connectivity index (χ3v) is 11.4. The molecular weight excluding hydrogens is 1200 g/mol. The van der Waals surface area contributed by atoms with E-state index in [1.54, 1.807) is 11.0 Å². The number of H-pyrrole nitrogens is 1. The first-order valence-corrected chi connectivity index (χ1v) is 27.4. The summed E-state index contributed by atoms with van der Waals surface area (Å²) in [5.74, 6) is 0.478. The maximum atomic E-state index is 12.2. The number of nitrogens with one attached hydrogen (secondary N) is 3. The number of fused-ring (bicyclic) bond motifs is 3. The molecule has 7 heterocycles. The summed E-state index contributed by atoms with van der Waals surface area (Å²) < 4.78 is 51.2. The number of halogens is 1. The number of β-amino-alcohol motifs (C(OH)–C–C–N with tert-alkyl or cyclic N) is 6. The van der Waals surface area contributed by atoms with Crippen LogP contribution >= 0.6 is 15.9 Å². The molecule has 6 atom stereocenters. The van der Waals surface area contributed by atoms with Gasteiger partial charge in [0.15, 0.2) is 0 Å². The normalized spacial score (nSPS) is 21.7. The Kier molecular flexibility index (Phi) is 24.5. The first kappa shape index (κ1) is 59.9. The summed E-state index contributed by atoms with van der Waals surface area (Å²) in [5, 5.41) is 61.9. The molecule has 73 heavy (non-hydrogen) atoms. The van der Waals surface area contributed by atoms with Crippen LogP contribution in [-0.2, 0) is 58.2 Å². The van der Waals surface area contributed by atoms with E-state index in [4.69, 9.17) is 38.3 Å². The van der Waals surface area contributed by atoms with Crippen molar-refractivity contribution in [3.63, 3.8) is 0 Å². The molecule has 0 aliphatic carbocycles. The molecule has 5 aliphatic rings. The Morgan fingerprint density at radius 2 is 1.15 bits per heavy atom. The van der Waals surface area contributed by atoms with Gasteiger partial charge < -0.3 is 69.9 Å². The van der Waals surface area contributed by atoms with Crippen molar-refractivity contribution in [3.8, 4) is 0 Å². The van der Waals surface area contributed by atoms with Gasteiger partial charge in [0.1, 0.15) is 30.1 Å². The molecule has 400 valence electrons. The van der Waals surface area contributed by atoms with E-state index in [1.165, 1.54) is 4.90 Å². The van der Waals surface area contributed by atoms with E-state index >= 15 is 0 Å². The van der Waals surface area contributed by atoms with Crippen molar-refractivity contribution in [2.45, 2.75) is 63.8 Å². The van der Waals surface area contributed by atoms with E-state index in [0.717, 1.165) is 34.1 Å². The van der Waals surface area contributed by atoms with Crippen molar-refractivity contribution in [3.05, 3.63) is 135 Å². The van der Waals surface area contributed by atoms with E-state index in [2.05, 4.69) is 48.7 Å². The predicted molar refractivity (Wildman–Crippen MR) is 261 cm³/mol. The number of amides is 2. The number of aromatic nitrogens is 2. The second kappa shape index (κ2) is 29.9. The number of aliphatic hydroxyl groups excluding tert-OH is 6. The fourth-order valence-corrected chi connectivity index (χ4v) is 7.53. The molecule has 0 spiro atoms. The molecule has 0 saturated carbocycles. The summed E-state index contributed by atoms with van der Waals surface area (Å²) >= 11 is -2.65. The zero-order valence-corrected chi connectivity index (χ0v) is 42.9. The van der Waals surface area contributed by atoms with Crippen LogP contribution in [-0.4, -0.2) is 170 Å². The molecule has 3 fully saturated rings. The minimum absolute atomic E-state index is 0. The van der Waals surface area contributed by atoms with Gasteiger partial charge in [-0.2, -0.15) is 0 Å². The summed E-state index contributed by atoms with van der Waals surface area (Å²) in [4.78, 5) is 47.3. The molecule has 0 bridgehead atoms. The second-order valence-electron chi connectivity index (χ2n) is 16.5. The van der Waals surface area contributed by atoms with Crippen molar-refractivity contribution < 1.29 is 83.1 Å². The van der Waals surface area contributed by atoms with Gasteiger partial charge >= 0.3 is 41.2 Å². The average Bonchev–Trinajstić information content (AvgIpc) is 4.24. The number of furan rings is 1. The van der Waals surface area contributed by atoms with Gasteiger partial charge in [0, 0.05) is 62.2 Å². The first-order chi connectivity index (χ1) is 34.3. The van der Waals surface area contributed by atoms with Crippen molar-refractivity contribution >= 4 is 50.2 Å². The maximum absolute atomic E-state index is 12.2. The second-order valence-corrected chi connectivity index (χ2v) is 20.0. The number of carbonyl (C=O) groups is 2. The fraction of sp³-hybridized carbons (Fsp3) is 0.417. The van der Waals surface area contributed by atoms with Crippen LogP contribution in [0, 0.1) is 0 Å². The van der Waals surface area contributed by atoms with Crippen molar-refractivity contribution in [1.29, 1.82) is 0 Å². The summed E-state index contributed by atoms with van der Waals surface area (Å²) in [5.41, 5.74) is 2.89. The Hall–Kier alpha value is -5.68. The molecule has 3 saturated heterocycles. The van der Waals surface area contributed by atoms with E-state index in [1.807, 2.05) is 89.8 Å². The predicted octanol–water partition coefficient (Wildman–Crippen LogP) is 2.14. The molecule has 9 N–H and O–H groups in total. The number of ether oxygens (including phenoxy) is 2. The number of likely N-dealkylation sites (tertiary alicyclic amines) is 2. The van der Waals surface area contributed by atoms with E-state index in [9.17, 15) is 34.8 Å². The van der Waals surface area contributed by atoms with Gasteiger partial charge in [-0.25, -0.2) is 14.6 Å². The molecular formula is C48H62BrN7O16Os. The summed E-state index contributed by atoms with van der Waals surface area (Å²) in [6.45, 7) is 6.34. The van der Waals surface area contributed by atoms with Crippen LogP contribution in [0.2, 0.25) is 0 Å². The van der Waals surface area contributed by atoms with Crippen LogP contribution in [0.4, 0.5) is 9.59 Å². The minimum atomic E-state index is -6.06. The van der Waals surface area contributed by atoms with Crippen molar-refractivity contribution in [1.82, 2.24) is 35.3 Å². The molecule has 23 nitrogen and oxygen atoms in total. The SMILES string of the molecule is C.C1=CCNC1.O=C(OCc1ccccc1)N1CC=CC1.O=C(OCc1ccccc1)N1C[C@@H](O)[C@@H](O)C1.O=c1[nH]c(CN2C[C@@H](O)[C@@H](O)C2)nc2c1oc1ccc(Br)cc12.O[C@@H]1CNC[C@@H]1O.[O]=[Os](=[O])(=[O])=[O]. The molecule has 2 amide bonds. The van der Waals surface area contributed by atoms with Crippen LogP contribution in [0.5, 0.6) is 0 Å². The Labute approximate surface area is 430 Å². The number of rotatable bonds is 6. The molecule has 2 aromatic heterocycles. The third kappa shape index (κ3) is 20.6. The van der Waals surface area contributed by atoms with E-state index in [-0.39, 0.29) is 44.4 Å². The Morgan fingerprint density at radius 3 is 1.60 bits per heavy atom. The first-order valence-electron chi connectivity index (χ1n) is 22.5. The topological polar surface area (TPSA) is 335 Å². The zero-order valence-electron chi connectivity index (χ0n) is 38.8. The summed E-state index contributed by atoms with van der Waals surface area (Å²) in [6.07, 6.45) is 3.05. The van der Waals surface area contributed by atoms with Gasteiger partial charge in [-0.3, -0.25) is 9.69 Å². The number of carbonyl (C=O) groups excluding carboxylic acids is 2. The standard InChI is InChI=1S/C15H14BrN3O4.C12H15NO4.C12H13NO2.C4H9NO2.C4H7N.CH4.4O.Os/c16-7-1-2-11-8(3-7)13-14(23-11)15(22)18-12(17-13)6-19-4-9(20)10(21)5-19;14-10-6-13(7-11(10)15)12(16)17-8-9-4-2-1-3-5-9;14-12(13-8-4-5-9-13)15-10-11-6-2-1-3-7-11;6-3-1-5-2-4(3)7;1-2-4-5-3-1;;;;;;/h1-3,9-10,20-21H,4-6H2,(H,17,18,22);1-5,10-11,14-15H,6-8H2;1-7H,8-10H2;3-7H,1-2H2;1-2,5H,3-4H2;1H4;;;;;/t9-,10+;10-,11+;;3-,4+;;;;;;;. The van der Waals surface area contributed by atoms with E-state index < -0.39 is 57.6 Å². The van der Waals surface area contributed by atoms with Gasteiger partial charge in [0.2, 0.25) is 5.58 Å². The molecule has 25 heteroatoms. The van der Waals surface area contributed by atoms with Crippen LogP contribution < -0.4 is 16.2 Å². The summed E-state index contributed by atoms with van der Waals surface area (Å²) in [6, 6.07) is 24.5. The molecule has 5 aromatic rings. The van der Waals surface area contributed by atoms with Crippen LogP contribution in [0.25, 0.3) is 22.1 Å². The number of hydrogen-bond acceptors (Lipinski definition) is 20. The number of nitrogens with zero attached hydrogens (tertiary/aromatic N) is 4. The molecule has 3 aromatic carbocycles. The number of benzene rings is 3. The van der Waals surface area contributed by atoms with Crippen LogP contribution in [0.3, 0.4) is 0 Å². The molecule has 0 unspecified atom stereocenters. The van der Waals surface area contributed by atoms with Crippen molar-refractivity contribution in [2.75, 3.05) is 65.4 Å². The average molecular weight is 1260 g/mol. The quantitative estimate of drug-likeness (QED) is 0.110. The number of aromatic amines is 1. The van der Waals surface area contributed by atoms with Gasteiger partial charge in [-0.15, -0.1) is 0 Å². The Balaban J connectivity index is 0.000000206. The number of hydrogen-bond donors (Lipinski definition) is 9. The van der Waals surface area contributed by atoms with Gasteiger partial charge in [0.05, 0.1) is 56.3 Å². The van der Waals surface area contributed by atoms with E-state index in [0.29, 0.717) is 69.3 Å². The summed E-state index contributed by atoms with van der Waals surface area (Å²) in [7, 11) is 0. The van der Waals surface area contributed by atoms with Gasteiger partial charge in [-0.05, 0) is 29.3 Å². The van der Waals surface area contributed by atoms with Crippen LogP contribution in [0.15, 0.2) is 117 Å². The van der Waals surface area contributed by atoms with Gasteiger partial charge in [0.25, 0.3) is 5.56 Å². The van der Waals surface area contributed by atoms with Crippen LogP contribution in [0.1, 0.15) is 24.4 Å². The molecule has 5 aliphatic heterocycles. The third-order valence-electron chi connectivity index (χ3n) is 10.9. The molecule has 10 rings (SSSR count). The monoisotopic (exact) mass is 1260 g/mol. The Bertz CT molecular complexity index is 2820. The molecule has 0 radical (unpaired) electrons. The van der Waals surface area contributed by atoms with Crippen molar-refractivity contribution in [2.24, 2.45) is 0 Å². The van der Waals surface area contributed by atoms with Gasteiger partial charge in [-0.1, -0.05) is 108 Å².